The molecule has 0 unspecified atom stereocenters. The van der Waals surface area contributed by atoms with Crippen molar-refractivity contribution in [3.8, 4) is 5.88 Å². The molecule has 0 saturated carbocycles. The molecule has 3 aromatic rings. The topological polar surface area (TPSA) is 91.8 Å². The third-order valence-electron chi connectivity index (χ3n) is 4.03. The lowest BCUT2D eigenvalue weighted by molar-refractivity contribution is 0.0600. The predicted octanol–water partition coefficient (Wildman–Crippen LogP) is 2.98. The van der Waals surface area contributed by atoms with Crippen molar-refractivity contribution in [3.63, 3.8) is 0 Å². The number of esters is 1. The first-order chi connectivity index (χ1) is 11.6. The highest BCUT2D eigenvalue weighted by molar-refractivity contribution is 6.56. The number of methoxy groups -OCH3 is 1. The molecule has 1 aromatic heterocycles. The summed E-state index contributed by atoms with van der Waals surface area (Å²) in [5.41, 5.74) is 2.30. The molecule has 2 N–H and O–H groups in total. The molecule has 0 spiro atoms. The smallest absolute Gasteiger partial charge is 0.337 e. The van der Waals surface area contributed by atoms with E-state index in [0.29, 0.717) is 27.7 Å². The average molecular weight is 320 g/mol. The Morgan fingerprint density at radius 1 is 1.21 bits per heavy atom. The molecule has 2 heterocycles. The van der Waals surface area contributed by atoms with E-state index >= 15 is 0 Å². The Bertz CT molecular complexity index is 1050. The van der Waals surface area contributed by atoms with Gasteiger partial charge in [0.2, 0.25) is 5.78 Å². The number of hydrogen-bond donors (Lipinski definition) is 2. The zero-order valence-electron chi connectivity index (χ0n) is 12.7. The van der Waals surface area contributed by atoms with Crippen LogP contribution in [0.3, 0.4) is 0 Å². The van der Waals surface area contributed by atoms with Gasteiger partial charge in [-0.15, -0.1) is 0 Å². The molecule has 118 valence electrons. The van der Waals surface area contributed by atoms with Crippen LogP contribution in [0.15, 0.2) is 47.5 Å². The second kappa shape index (κ2) is 5.06. The van der Waals surface area contributed by atoms with Crippen LogP contribution in [0.4, 0.5) is 5.69 Å². The van der Waals surface area contributed by atoms with Crippen LogP contribution in [-0.2, 0) is 4.74 Å². The van der Waals surface area contributed by atoms with E-state index in [1.165, 1.54) is 13.2 Å². The largest absolute Gasteiger partial charge is 0.494 e. The highest BCUT2D eigenvalue weighted by Crippen LogP contribution is 2.35. The second-order valence-electron chi connectivity index (χ2n) is 5.41. The summed E-state index contributed by atoms with van der Waals surface area (Å²) in [6, 6.07) is 11.9. The molecule has 4 rings (SSSR count). The lowest BCUT2D eigenvalue weighted by Crippen LogP contribution is -2.11. The number of ether oxygens (including phenoxy) is 1. The quantitative estimate of drug-likeness (QED) is 0.710. The summed E-state index contributed by atoms with van der Waals surface area (Å²) in [6.45, 7) is 0. The van der Waals surface area contributed by atoms with Crippen molar-refractivity contribution in [1.29, 1.82) is 0 Å². The van der Waals surface area contributed by atoms with Crippen LogP contribution in [-0.4, -0.2) is 34.7 Å². The Labute approximate surface area is 136 Å². The SMILES string of the molecule is COC(=O)c1ccc2c(c1)C(=O)C(c1c(O)[nH]c3ccccc13)=N2. The molecule has 6 heteroatoms. The van der Waals surface area contributed by atoms with Gasteiger partial charge in [0.05, 0.1) is 29.5 Å². The minimum Gasteiger partial charge on any atom is -0.494 e. The van der Waals surface area contributed by atoms with Gasteiger partial charge in [-0.25, -0.2) is 9.79 Å². The zero-order chi connectivity index (χ0) is 16.8. The van der Waals surface area contributed by atoms with E-state index in [1.54, 1.807) is 24.3 Å². The van der Waals surface area contributed by atoms with Crippen molar-refractivity contribution >= 4 is 34.1 Å². The van der Waals surface area contributed by atoms with E-state index in [9.17, 15) is 14.7 Å². The number of aromatic hydroxyl groups is 1. The predicted molar refractivity (Wildman–Crippen MR) is 88.3 cm³/mol. The van der Waals surface area contributed by atoms with Crippen molar-refractivity contribution in [1.82, 2.24) is 4.98 Å². The number of hydrogen-bond acceptors (Lipinski definition) is 5. The summed E-state index contributed by atoms with van der Waals surface area (Å²) in [7, 11) is 1.28. The number of para-hydroxylation sites is 1. The normalized spacial score (nSPS) is 13.0. The van der Waals surface area contributed by atoms with Gasteiger partial charge < -0.3 is 14.8 Å². The summed E-state index contributed by atoms with van der Waals surface area (Å²) in [5.74, 6) is -0.964. The highest BCUT2D eigenvalue weighted by Gasteiger charge is 2.30. The number of aromatic amines is 1. The van der Waals surface area contributed by atoms with E-state index in [1.807, 2.05) is 12.1 Å². The molecule has 0 aliphatic carbocycles. The van der Waals surface area contributed by atoms with Gasteiger partial charge >= 0.3 is 5.97 Å². The third kappa shape index (κ3) is 1.93. The summed E-state index contributed by atoms with van der Waals surface area (Å²) >= 11 is 0. The Kier molecular flexibility index (Phi) is 2.99. The van der Waals surface area contributed by atoms with Crippen molar-refractivity contribution in [2.75, 3.05) is 7.11 Å². The molecule has 0 saturated heterocycles. The summed E-state index contributed by atoms with van der Waals surface area (Å²) in [6.07, 6.45) is 0. The van der Waals surface area contributed by atoms with Crippen LogP contribution < -0.4 is 0 Å². The Morgan fingerprint density at radius 3 is 2.79 bits per heavy atom. The lowest BCUT2D eigenvalue weighted by Gasteiger charge is -2.01. The first-order valence-corrected chi connectivity index (χ1v) is 7.26. The minimum atomic E-state index is -0.519. The van der Waals surface area contributed by atoms with Crippen LogP contribution in [0, 0.1) is 0 Å². The van der Waals surface area contributed by atoms with Crippen LogP contribution in [0.5, 0.6) is 5.88 Å². The molecule has 0 bridgehead atoms. The molecule has 2 aromatic carbocycles. The van der Waals surface area contributed by atoms with Crippen LogP contribution in [0.25, 0.3) is 10.9 Å². The number of rotatable bonds is 2. The van der Waals surface area contributed by atoms with Gasteiger partial charge in [0, 0.05) is 10.9 Å². The van der Waals surface area contributed by atoms with Gasteiger partial charge in [0.25, 0.3) is 0 Å². The number of Topliss-reactive ketones (excluding diaryl/α,β-unsaturated/α-hetero) is 1. The van der Waals surface area contributed by atoms with E-state index < -0.39 is 5.97 Å². The number of benzene rings is 2. The van der Waals surface area contributed by atoms with E-state index in [4.69, 9.17) is 0 Å². The third-order valence-corrected chi connectivity index (χ3v) is 4.03. The maximum absolute atomic E-state index is 12.7. The fourth-order valence-electron chi connectivity index (χ4n) is 2.90. The highest BCUT2D eigenvalue weighted by atomic mass is 16.5. The number of nitrogens with one attached hydrogen (secondary N) is 1. The monoisotopic (exact) mass is 320 g/mol. The van der Waals surface area contributed by atoms with Crippen LogP contribution in [0.2, 0.25) is 0 Å². The molecular formula is C18H12N2O4. The van der Waals surface area contributed by atoms with Gasteiger partial charge in [-0.2, -0.15) is 0 Å². The second-order valence-corrected chi connectivity index (χ2v) is 5.41. The number of aromatic nitrogens is 1. The number of nitrogens with zero attached hydrogens (tertiary/aromatic N) is 1. The first kappa shape index (κ1) is 14.2. The van der Waals surface area contributed by atoms with E-state index in [0.717, 1.165) is 0 Å². The molecule has 24 heavy (non-hydrogen) atoms. The number of ketones is 1. The van der Waals surface area contributed by atoms with Gasteiger partial charge in [-0.1, -0.05) is 18.2 Å². The van der Waals surface area contributed by atoms with Gasteiger partial charge in [-0.05, 0) is 24.3 Å². The molecule has 1 aliphatic rings. The first-order valence-electron chi connectivity index (χ1n) is 7.26. The number of carbonyl (C=O) groups is 2. The zero-order valence-corrected chi connectivity index (χ0v) is 12.7. The van der Waals surface area contributed by atoms with Crippen LogP contribution in [0.1, 0.15) is 26.3 Å². The Balaban J connectivity index is 1.85. The van der Waals surface area contributed by atoms with Crippen molar-refractivity contribution < 1.29 is 19.4 Å². The van der Waals surface area contributed by atoms with Gasteiger partial charge in [0.1, 0.15) is 5.71 Å². The van der Waals surface area contributed by atoms with E-state index in [-0.39, 0.29) is 22.9 Å². The fourth-order valence-corrected chi connectivity index (χ4v) is 2.90. The maximum atomic E-state index is 12.7. The summed E-state index contributed by atoms with van der Waals surface area (Å²) in [4.78, 5) is 31.6. The lowest BCUT2D eigenvalue weighted by atomic mass is 10.0. The summed E-state index contributed by atoms with van der Waals surface area (Å²) < 4.78 is 4.67. The number of carbonyl (C=O) groups excluding carboxylic acids is 2. The van der Waals surface area contributed by atoms with E-state index in [2.05, 4.69) is 14.7 Å². The van der Waals surface area contributed by atoms with Crippen molar-refractivity contribution in [3.05, 3.63) is 59.2 Å². The van der Waals surface area contributed by atoms with Gasteiger partial charge in [0.15, 0.2) is 5.88 Å². The average Bonchev–Trinajstić information content (AvgIpc) is 3.10. The molecule has 0 fully saturated rings. The molecule has 0 radical (unpaired) electrons. The van der Waals surface area contributed by atoms with Gasteiger partial charge in [-0.3, -0.25) is 4.79 Å². The summed E-state index contributed by atoms with van der Waals surface area (Å²) in [5, 5.41) is 10.9. The maximum Gasteiger partial charge on any atom is 0.337 e. The number of aliphatic imine (C=N–C) groups is 1. The Hall–Kier alpha value is -3.41. The molecule has 6 nitrogen and oxygen atoms in total. The molecular weight excluding hydrogens is 308 g/mol. The van der Waals surface area contributed by atoms with Crippen molar-refractivity contribution in [2.45, 2.75) is 0 Å². The number of fused-ring (bicyclic) bond motifs is 2. The molecule has 0 atom stereocenters. The van der Waals surface area contributed by atoms with Crippen LogP contribution >= 0.6 is 0 Å². The minimum absolute atomic E-state index is 0.107. The molecule has 1 aliphatic heterocycles. The molecule has 0 amide bonds. The fraction of sp³-hybridized carbons (Fsp3) is 0.0556. The van der Waals surface area contributed by atoms with Crippen molar-refractivity contribution in [2.24, 2.45) is 4.99 Å². The standard InChI is InChI=1S/C18H12N2O4/c1-24-18(23)9-6-7-13-11(8-9)16(21)15(19-13)14-10-4-2-3-5-12(10)20-17(14)22/h2-8,20,22H,1H3. The Morgan fingerprint density at radius 2 is 2.00 bits per heavy atom. The number of H-pyrrole nitrogens is 1.